The predicted octanol–water partition coefficient (Wildman–Crippen LogP) is 5.80. The molecule has 2 heteroatoms. The van der Waals surface area contributed by atoms with Gasteiger partial charge >= 0.3 is 0 Å². The third-order valence-corrected chi connectivity index (χ3v) is 4.94. The molecule has 0 heterocycles. The Hall–Kier alpha value is -0.0800. The lowest BCUT2D eigenvalue weighted by molar-refractivity contribution is -0.910. The zero-order chi connectivity index (χ0) is 16.5. The van der Waals surface area contributed by atoms with Crippen LogP contribution in [-0.2, 0) is 4.74 Å². The molecule has 134 valence electrons. The van der Waals surface area contributed by atoms with Gasteiger partial charge < -0.3 is 9.22 Å². The molecule has 0 radical (unpaired) electrons. The minimum absolute atomic E-state index is 0.905. The van der Waals surface area contributed by atoms with E-state index in [0.29, 0.717) is 0 Å². The van der Waals surface area contributed by atoms with Crippen molar-refractivity contribution in [2.45, 2.75) is 90.9 Å². The zero-order valence-electron chi connectivity index (χ0n) is 16.2. The summed E-state index contributed by atoms with van der Waals surface area (Å²) in [6.07, 6.45) is 16.8. The van der Waals surface area contributed by atoms with Gasteiger partial charge in [-0.1, -0.05) is 65.2 Å². The van der Waals surface area contributed by atoms with E-state index in [1.165, 1.54) is 101 Å². The van der Waals surface area contributed by atoms with Crippen molar-refractivity contribution in [3.05, 3.63) is 0 Å². The summed E-state index contributed by atoms with van der Waals surface area (Å²) in [4.78, 5) is 0. The molecule has 0 saturated heterocycles. The lowest BCUT2D eigenvalue weighted by Gasteiger charge is -2.34. The van der Waals surface area contributed by atoms with Crippen molar-refractivity contribution in [1.29, 1.82) is 0 Å². The molecule has 0 saturated carbocycles. The van der Waals surface area contributed by atoms with Gasteiger partial charge in [0.25, 0.3) is 0 Å². The molecule has 0 aliphatic rings. The fraction of sp³-hybridized carbons (Fsp3) is 1.00. The molecule has 0 aliphatic heterocycles. The van der Waals surface area contributed by atoms with Crippen LogP contribution in [0.3, 0.4) is 0 Å². The van der Waals surface area contributed by atoms with Gasteiger partial charge in [-0.3, -0.25) is 0 Å². The molecule has 2 nitrogen and oxygen atoms in total. The summed E-state index contributed by atoms with van der Waals surface area (Å²) in [5, 5.41) is 0. The highest BCUT2D eigenvalue weighted by atomic mass is 16.5. The van der Waals surface area contributed by atoms with Gasteiger partial charge in [0.15, 0.2) is 0 Å². The van der Waals surface area contributed by atoms with E-state index < -0.39 is 0 Å². The zero-order valence-corrected chi connectivity index (χ0v) is 16.2. The van der Waals surface area contributed by atoms with Crippen LogP contribution >= 0.6 is 0 Å². The number of hydrogen-bond donors (Lipinski definition) is 0. The number of ether oxygens (including phenoxy) is 1. The Morgan fingerprint density at radius 3 is 1.41 bits per heavy atom. The first-order valence-electron chi connectivity index (χ1n) is 10.0. The summed E-state index contributed by atoms with van der Waals surface area (Å²) in [7, 11) is 4.27. The van der Waals surface area contributed by atoms with Crippen LogP contribution in [0.15, 0.2) is 0 Å². The maximum Gasteiger partial charge on any atom is 0.102 e. The first-order valence-corrected chi connectivity index (χ1v) is 10.0. The first-order chi connectivity index (χ1) is 10.7. The SMILES string of the molecule is CCCCCCCC[N+](C)(CCCCCCCC)CCOC. The summed E-state index contributed by atoms with van der Waals surface area (Å²) in [6, 6.07) is 0. The number of hydrogen-bond acceptors (Lipinski definition) is 1. The monoisotopic (exact) mass is 314 g/mol. The molecule has 0 aromatic carbocycles. The average molecular weight is 315 g/mol. The van der Waals surface area contributed by atoms with Gasteiger partial charge in [-0.25, -0.2) is 0 Å². The van der Waals surface area contributed by atoms with Crippen LogP contribution in [0, 0.1) is 0 Å². The maximum atomic E-state index is 5.34. The van der Waals surface area contributed by atoms with E-state index in [2.05, 4.69) is 20.9 Å². The fourth-order valence-corrected chi connectivity index (χ4v) is 3.19. The molecule has 0 fully saturated rings. The van der Waals surface area contributed by atoms with Crippen molar-refractivity contribution in [2.75, 3.05) is 40.4 Å². The second-order valence-corrected chi connectivity index (χ2v) is 7.32. The number of quaternary nitrogens is 1. The smallest absolute Gasteiger partial charge is 0.102 e. The maximum absolute atomic E-state index is 5.34. The van der Waals surface area contributed by atoms with Gasteiger partial charge in [-0.05, 0) is 25.7 Å². The first kappa shape index (κ1) is 21.9. The van der Waals surface area contributed by atoms with Crippen LogP contribution < -0.4 is 0 Å². The van der Waals surface area contributed by atoms with Crippen molar-refractivity contribution >= 4 is 0 Å². The third-order valence-electron chi connectivity index (χ3n) is 4.94. The normalized spacial score (nSPS) is 12.0. The highest BCUT2D eigenvalue weighted by molar-refractivity contribution is 4.49. The van der Waals surface area contributed by atoms with E-state index in [-0.39, 0.29) is 0 Å². The molecular formula is C20H44NO+. The molecule has 0 aromatic heterocycles. The number of nitrogens with zero attached hydrogens (tertiary/aromatic N) is 1. The Labute approximate surface area is 141 Å². The molecular weight excluding hydrogens is 270 g/mol. The molecule has 0 bridgehead atoms. The fourth-order valence-electron chi connectivity index (χ4n) is 3.19. The van der Waals surface area contributed by atoms with Crippen LogP contribution in [0.1, 0.15) is 90.9 Å². The number of unbranched alkanes of at least 4 members (excludes halogenated alkanes) is 10. The van der Waals surface area contributed by atoms with E-state index in [9.17, 15) is 0 Å². The Kier molecular flexibility index (Phi) is 15.7. The van der Waals surface area contributed by atoms with Gasteiger partial charge in [0.1, 0.15) is 6.54 Å². The molecule has 0 amide bonds. The molecule has 0 atom stereocenters. The van der Waals surface area contributed by atoms with Crippen molar-refractivity contribution in [3.8, 4) is 0 Å². The molecule has 0 N–H and O–H groups in total. The lowest BCUT2D eigenvalue weighted by atomic mass is 10.1. The summed E-state index contributed by atoms with van der Waals surface area (Å²) >= 11 is 0. The summed E-state index contributed by atoms with van der Waals surface area (Å²) in [5.41, 5.74) is 0. The number of methoxy groups -OCH3 is 1. The van der Waals surface area contributed by atoms with Crippen LogP contribution in [0.25, 0.3) is 0 Å². The summed E-state index contributed by atoms with van der Waals surface area (Å²) in [6.45, 7) is 9.34. The Bertz CT molecular complexity index is 202. The molecule has 0 spiro atoms. The van der Waals surface area contributed by atoms with Crippen LogP contribution in [0.4, 0.5) is 0 Å². The highest BCUT2D eigenvalue weighted by Gasteiger charge is 2.20. The van der Waals surface area contributed by atoms with Crippen molar-refractivity contribution in [2.24, 2.45) is 0 Å². The van der Waals surface area contributed by atoms with Gasteiger partial charge in [0.2, 0.25) is 0 Å². The van der Waals surface area contributed by atoms with Crippen molar-refractivity contribution in [1.82, 2.24) is 0 Å². The predicted molar refractivity (Wildman–Crippen MR) is 99.4 cm³/mol. The minimum atomic E-state index is 0.905. The number of rotatable bonds is 17. The van der Waals surface area contributed by atoms with E-state index in [1.807, 2.05) is 7.11 Å². The number of likely N-dealkylation sites (N-methyl/N-ethyl adjacent to an activating group) is 1. The van der Waals surface area contributed by atoms with Crippen molar-refractivity contribution in [3.63, 3.8) is 0 Å². The van der Waals surface area contributed by atoms with E-state index in [4.69, 9.17) is 4.74 Å². The quantitative estimate of drug-likeness (QED) is 0.243. The lowest BCUT2D eigenvalue weighted by Crippen LogP contribution is -2.47. The van der Waals surface area contributed by atoms with Crippen LogP contribution in [0.2, 0.25) is 0 Å². The summed E-state index contributed by atoms with van der Waals surface area (Å²) in [5.74, 6) is 0. The Morgan fingerprint density at radius 2 is 1.00 bits per heavy atom. The molecule has 0 aliphatic carbocycles. The van der Waals surface area contributed by atoms with Crippen LogP contribution in [-0.4, -0.2) is 44.9 Å². The van der Waals surface area contributed by atoms with Gasteiger partial charge in [0, 0.05) is 7.11 Å². The molecule has 22 heavy (non-hydrogen) atoms. The average Bonchev–Trinajstić information content (AvgIpc) is 2.52. The second-order valence-electron chi connectivity index (χ2n) is 7.32. The van der Waals surface area contributed by atoms with E-state index in [0.717, 1.165) is 6.61 Å². The van der Waals surface area contributed by atoms with Crippen molar-refractivity contribution < 1.29 is 9.22 Å². The Balaban J connectivity index is 3.84. The topological polar surface area (TPSA) is 9.23 Å². The second kappa shape index (κ2) is 15.8. The minimum Gasteiger partial charge on any atom is -0.379 e. The van der Waals surface area contributed by atoms with E-state index in [1.54, 1.807) is 0 Å². The summed E-state index contributed by atoms with van der Waals surface area (Å²) < 4.78 is 6.56. The third kappa shape index (κ3) is 13.6. The molecule has 0 rings (SSSR count). The van der Waals surface area contributed by atoms with Gasteiger partial charge in [0.05, 0.1) is 26.7 Å². The largest absolute Gasteiger partial charge is 0.379 e. The molecule has 0 aromatic rings. The standard InChI is InChI=1S/C20H44NO/c1-5-7-9-11-13-15-17-21(3,19-20-22-4)18-16-14-12-10-8-6-2/h5-20H2,1-4H3/q+1. The van der Waals surface area contributed by atoms with Gasteiger partial charge in [-0.15, -0.1) is 0 Å². The van der Waals surface area contributed by atoms with E-state index >= 15 is 0 Å². The van der Waals surface area contributed by atoms with Gasteiger partial charge in [-0.2, -0.15) is 0 Å². The van der Waals surface area contributed by atoms with Crippen LogP contribution in [0.5, 0.6) is 0 Å². The molecule has 0 unspecified atom stereocenters. The Morgan fingerprint density at radius 1 is 0.591 bits per heavy atom. The highest BCUT2D eigenvalue weighted by Crippen LogP contribution is 2.13.